The zero-order chi connectivity index (χ0) is 38.6. The van der Waals surface area contributed by atoms with Crippen LogP contribution < -0.4 is 11.2 Å². The van der Waals surface area contributed by atoms with Gasteiger partial charge in [-0.25, -0.2) is 13.9 Å². The lowest BCUT2D eigenvalue weighted by Gasteiger charge is -2.44. The SMILES string of the molecule is CC(=O)OC[C@H](OC(C)=O)C1OC(OP(=O)(O)OP(=O)(S)OC[C@H]2O[C@@H](n3ccc(=O)[nH]c3=O)C(F)(F)[C@@H]2O)C(OC(C)=O)C(O)C1OC(C)=O. The number of nitrogens with zero attached hydrogens (tertiary/aromatic N) is 1. The van der Waals surface area contributed by atoms with Crippen molar-refractivity contribution in [2.24, 2.45) is 0 Å². The number of nitrogens with one attached hydrogen (secondary N) is 1. The quantitative estimate of drug-likeness (QED) is 0.0656. The number of carbonyl (C=O) groups excluding carboxylic acids is 4. The number of alkyl halides is 2. The van der Waals surface area contributed by atoms with Crippen LogP contribution in [0.2, 0.25) is 0 Å². The molecule has 4 N–H and O–H groups in total. The van der Waals surface area contributed by atoms with Crippen molar-refractivity contribution < 1.29 is 94.0 Å². The number of H-pyrrole nitrogens is 1. The number of phosphoric acid groups is 1. The van der Waals surface area contributed by atoms with E-state index >= 15 is 0 Å². The Morgan fingerprint density at radius 1 is 1.02 bits per heavy atom. The molecule has 2 aliphatic rings. The van der Waals surface area contributed by atoms with Crippen LogP contribution in [0.25, 0.3) is 0 Å². The van der Waals surface area contributed by atoms with E-state index in [-0.39, 0.29) is 4.57 Å². The molecule has 2 saturated heterocycles. The molecule has 1 aromatic rings. The standard InChI is InChI=1S/C24H32F2N2O20P2S/c1-9(29)40-7-13(42-10(2)30)17-18(43-11(3)31)16(34)19(44-12(4)32)21(46-17)47-49(37,38)48-50(39,51)41-8-14-20(35)24(25,26)22(45-14)28-6-5-15(33)27-23(28)36/h5-6,13-14,16-22,34-35H,7-8H2,1-4H3,(H,37,38)(H,39,51)(H,27,33,36)/t13-,14+,16?,17?,18?,19?,20+,21?,22+,50?/m0/s1. The van der Waals surface area contributed by atoms with Gasteiger partial charge in [-0.2, -0.15) is 13.1 Å². The Hall–Kier alpha value is -3.09. The second-order valence-electron chi connectivity index (χ2n) is 10.6. The molecule has 0 bridgehead atoms. The highest BCUT2D eigenvalue weighted by molar-refractivity contribution is 8.45. The lowest BCUT2D eigenvalue weighted by Crippen LogP contribution is -2.64. The number of esters is 4. The Labute approximate surface area is 289 Å². The number of halogens is 2. The molecular weight excluding hydrogens is 768 g/mol. The fourth-order valence-electron chi connectivity index (χ4n) is 4.68. The van der Waals surface area contributed by atoms with Gasteiger partial charge in [0.2, 0.25) is 12.5 Å². The number of thiol groups is 1. The summed E-state index contributed by atoms with van der Waals surface area (Å²) in [4.78, 5) is 82.5. The highest BCUT2D eigenvalue weighted by atomic mass is 32.7. The molecule has 3 heterocycles. The number of aromatic nitrogens is 2. The highest BCUT2D eigenvalue weighted by Gasteiger charge is 2.60. The van der Waals surface area contributed by atoms with Crippen molar-refractivity contribution in [3.05, 3.63) is 33.1 Å². The summed E-state index contributed by atoms with van der Waals surface area (Å²) in [6.45, 7) is -3.68. The topological polar surface area (TPSA) is 301 Å². The Kier molecular flexibility index (Phi) is 13.9. The van der Waals surface area contributed by atoms with Gasteiger partial charge in [-0.05, 0) is 0 Å². The summed E-state index contributed by atoms with van der Waals surface area (Å²) in [5.41, 5.74) is -2.27. The number of hydrogen-bond donors (Lipinski definition) is 5. The van der Waals surface area contributed by atoms with Crippen LogP contribution in [0.5, 0.6) is 0 Å². The van der Waals surface area contributed by atoms with Gasteiger partial charge in [0.05, 0.1) is 6.61 Å². The second kappa shape index (κ2) is 16.7. The lowest BCUT2D eigenvalue weighted by atomic mass is 9.95. The number of phosphoric ester groups is 1. The van der Waals surface area contributed by atoms with Gasteiger partial charge >= 0.3 is 50.1 Å². The van der Waals surface area contributed by atoms with Gasteiger partial charge in [0.25, 0.3) is 5.56 Å². The Balaban J connectivity index is 1.83. The zero-order valence-electron chi connectivity index (χ0n) is 26.6. The molecule has 0 spiro atoms. The van der Waals surface area contributed by atoms with Gasteiger partial charge in [0.15, 0.2) is 24.4 Å². The van der Waals surface area contributed by atoms with Gasteiger partial charge in [0, 0.05) is 40.0 Å². The molecule has 7 unspecified atom stereocenters. The first-order chi connectivity index (χ1) is 23.4. The van der Waals surface area contributed by atoms with Gasteiger partial charge < -0.3 is 43.5 Å². The van der Waals surface area contributed by atoms with Crippen molar-refractivity contribution in [2.45, 2.75) is 88.9 Å². The molecule has 1 aromatic heterocycles. The number of aliphatic hydroxyl groups excluding tert-OH is 2. The molecule has 51 heavy (non-hydrogen) atoms. The molecule has 0 saturated carbocycles. The number of rotatable bonds is 14. The molecule has 0 amide bonds. The first kappa shape index (κ1) is 42.3. The number of carbonyl (C=O) groups is 4. The summed E-state index contributed by atoms with van der Waals surface area (Å²) >= 11 is 3.49. The smallest absolute Gasteiger partial charge is 0.462 e. The van der Waals surface area contributed by atoms with Gasteiger partial charge in [0.1, 0.15) is 24.9 Å². The van der Waals surface area contributed by atoms with Gasteiger partial charge in [-0.1, -0.05) is 12.2 Å². The van der Waals surface area contributed by atoms with Crippen molar-refractivity contribution in [1.82, 2.24) is 9.55 Å². The van der Waals surface area contributed by atoms with E-state index in [1.54, 1.807) is 4.98 Å². The summed E-state index contributed by atoms with van der Waals surface area (Å²) < 4.78 is 100. The molecule has 0 aliphatic carbocycles. The Bertz CT molecular complexity index is 1690. The van der Waals surface area contributed by atoms with E-state index in [0.29, 0.717) is 12.3 Å². The number of aromatic amines is 1. The van der Waals surface area contributed by atoms with Crippen molar-refractivity contribution >= 4 is 50.7 Å². The van der Waals surface area contributed by atoms with E-state index in [9.17, 15) is 61.8 Å². The van der Waals surface area contributed by atoms with Crippen LogP contribution in [0.3, 0.4) is 0 Å². The first-order valence-corrected chi connectivity index (χ1v) is 18.3. The molecule has 2 aliphatic heterocycles. The number of hydrogen-bond acceptors (Lipinski definition) is 19. The van der Waals surface area contributed by atoms with Crippen LogP contribution in [0, 0.1) is 0 Å². The van der Waals surface area contributed by atoms with Gasteiger partial charge in [-0.15, -0.1) is 0 Å². The van der Waals surface area contributed by atoms with Crippen LogP contribution >= 0.6 is 26.9 Å². The van der Waals surface area contributed by atoms with Crippen molar-refractivity contribution in [3.8, 4) is 0 Å². The maximum atomic E-state index is 14.8. The van der Waals surface area contributed by atoms with E-state index in [0.717, 1.165) is 27.7 Å². The van der Waals surface area contributed by atoms with Crippen LogP contribution in [0.1, 0.15) is 33.9 Å². The maximum absolute atomic E-state index is 14.8. The van der Waals surface area contributed by atoms with E-state index in [2.05, 4.69) is 16.6 Å². The van der Waals surface area contributed by atoms with E-state index in [4.69, 9.17) is 37.5 Å². The molecule has 27 heteroatoms. The third-order valence-electron chi connectivity index (χ3n) is 6.62. The highest BCUT2D eigenvalue weighted by Crippen LogP contribution is 2.66. The fourth-order valence-corrected chi connectivity index (χ4v) is 7.86. The predicted octanol–water partition coefficient (Wildman–Crippen LogP) is -0.938. The molecule has 3 rings (SSSR count). The molecule has 0 radical (unpaired) electrons. The summed E-state index contributed by atoms with van der Waals surface area (Å²) in [6.07, 6.45) is -19.0. The fraction of sp³-hybridized carbons (Fsp3) is 0.667. The Morgan fingerprint density at radius 3 is 2.18 bits per heavy atom. The van der Waals surface area contributed by atoms with Crippen LogP contribution in [0.15, 0.2) is 21.9 Å². The molecule has 0 aromatic carbocycles. The number of ether oxygens (including phenoxy) is 6. The minimum Gasteiger partial charge on any atom is -0.462 e. The minimum absolute atomic E-state index is 0.243. The normalized spacial score (nSPS) is 30.2. The average Bonchev–Trinajstić information content (AvgIpc) is 3.19. The first-order valence-electron chi connectivity index (χ1n) is 14.1. The molecular formula is C24H32F2N2O20P2S. The zero-order valence-corrected chi connectivity index (χ0v) is 29.3. The Morgan fingerprint density at radius 2 is 1.63 bits per heavy atom. The van der Waals surface area contributed by atoms with Crippen LogP contribution in [-0.4, -0.2) is 117 Å². The summed E-state index contributed by atoms with van der Waals surface area (Å²) in [5.74, 6) is -8.33. The third kappa shape index (κ3) is 11.2. The summed E-state index contributed by atoms with van der Waals surface area (Å²) in [7, 11) is -5.85. The molecule has 288 valence electrons. The maximum Gasteiger partial charge on any atom is 0.482 e. The average molecular weight is 801 g/mol. The van der Waals surface area contributed by atoms with Crippen molar-refractivity contribution in [1.29, 1.82) is 0 Å². The van der Waals surface area contributed by atoms with E-state index in [1.807, 2.05) is 0 Å². The predicted molar refractivity (Wildman–Crippen MR) is 159 cm³/mol. The van der Waals surface area contributed by atoms with Crippen LogP contribution in [0.4, 0.5) is 8.78 Å². The molecule has 11 atom stereocenters. The number of aliphatic hydroxyl groups is 2. The third-order valence-corrected chi connectivity index (χ3v) is 10.2. The summed E-state index contributed by atoms with van der Waals surface area (Å²) in [6, 6.07) is 0.710. The van der Waals surface area contributed by atoms with Crippen LogP contribution in [-0.2, 0) is 70.1 Å². The summed E-state index contributed by atoms with van der Waals surface area (Å²) in [5, 5.41) is 21.2. The molecule has 22 nitrogen and oxygen atoms in total. The van der Waals surface area contributed by atoms with E-state index in [1.165, 1.54) is 0 Å². The van der Waals surface area contributed by atoms with Gasteiger partial charge in [-0.3, -0.25) is 42.6 Å². The monoisotopic (exact) mass is 800 g/mol. The molecule has 2 fully saturated rings. The lowest BCUT2D eigenvalue weighted by molar-refractivity contribution is -0.299. The van der Waals surface area contributed by atoms with Crippen molar-refractivity contribution in [3.63, 3.8) is 0 Å². The van der Waals surface area contributed by atoms with E-state index < -0.39 is 124 Å². The second-order valence-corrected chi connectivity index (χ2v) is 15.1. The largest absolute Gasteiger partial charge is 0.482 e. The minimum atomic E-state index is -5.85. The van der Waals surface area contributed by atoms with Crippen molar-refractivity contribution in [2.75, 3.05) is 13.2 Å².